The van der Waals surface area contributed by atoms with Gasteiger partial charge in [-0.2, -0.15) is 0 Å². The minimum Gasteiger partial charge on any atom is -0.493 e. The Balaban J connectivity index is 2.05. The molecule has 8 heteroatoms. The summed E-state index contributed by atoms with van der Waals surface area (Å²) in [6.45, 7) is -0.454. The molecule has 0 aliphatic carbocycles. The first-order chi connectivity index (χ1) is 12.7. The summed E-state index contributed by atoms with van der Waals surface area (Å²) >= 11 is 0. The molecule has 0 atom stereocenters. The van der Waals surface area contributed by atoms with E-state index in [0.717, 1.165) is 6.26 Å². The average Bonchev–Trinajstić information content (AvgIpc) is 2.64. The van der Waals surface area contributed by atoms with Gasteiger partial charge in [0.2, 0.25) is 0 Å². The first-order valence-corrected chi connectivity index (χ1v) is 9.98. The minimum absolute atomic E-state index is 0.177. The fourth-order valence-corrected chi connectivity index (χ4v) is 3.18. The van der Waals surface area contributed by atoms with Gasteiger partial charge < -0.3 is 14.2 Å². The molecule has 0 radical (unpaired) electrons. The number of esters is 1. The van der Waals surface area contributed by atoms with Gasteiger partial charge in [0, 0.05) is 11.8 Å². The Morgan fingerprint density at radius 2 is 1.63 bits per heavy atom. The molecule has 0 amide bonds. The van der Waals surface area contributed by atoms with E-state index in [9.17, 15) is 18.0 Å². The van der Waals surface area contributed by atoms with E-state index >= 15 is 0 Å². The SMILES string of the molecule is COc1ccc(C(=O)COC(=O)c2cccc(CS(C)(=O)=O)c2)cc1OC. The quantitative estimate of drug-likeness (QED) is 0.502. The summed E-state index contributed by atoms with van der Waals surface area (Å²) in [5.41, 5.74) is 0.959. The first-order valence-electron chi connectivity index (χ1n) is 7.92. The van der Waals surface area contributed by atoms with Crippen molar-refractivity contribution in [2.75, 3.05) is 27.1 Å². The highest BCUT2D eigenvalue weighted by atomic mass is 32.2. The molecule has 0 spiro atoms. The molecule has 0 fully saturated rings. The molecule has 144 valence electrons. The lowest BCUT2D eigenvalue weighted by Crippen LogP contribution is -2.14. The van der Waals surface area contributed by atoms with Gasteiger partial charge in [0.25, 0.3) is 0 Å². The van der Waals surface area contributed by atoms with Crippen molar-refractivity contribution in [3.63, 3.8) is 0 Å². The van der Waals surface area contributed by atoms with Gasteiger partial charge in [0.15, 0.2) is 33.7 Å². The molecule has 0 saturated heterocycles. The van der Waals surface area contributed by atoms with Crippen LogP contribution in [0, 0.1) is 0 Å². The number of ether oxygens (including phenoxy) is 3. The van der Waals surface area contributed by atoms with Gasteiger partial charge in [-0.3, -0.25) is 4.79 Å². The second-order valence-electron chi connectivity index (χ2n) is 5.84. The number of Topliss-reactive ketones (excluding diaryl/α,β-unsaturated/α-hetero) is 1. The molecular formula is C19H20O7S. The van der Waals surface area contributed by atoms with E-state index in [1.165, 1.54) is 32.4 Å². The summed E-state index contributed by atoms with van der Waals surface area (Å²) in [5, 5.41) is 0. The molecule has 7 nitrogen and oxygen atoms in total. The predicted octanol–water partition coefficient (Wildman–Crippen LogP) is 2.29. The normalized spacial score (nSPS) is 10.9. The summed E-state index contributed by atoms with van der Waals surface area (Å²) in [7, 11) is -0.283. The molecule has 2 rings (SSSR count). The summed E-state index contributed by atoms with van der Waals surface area (Å²) in [4.78, 5) is 24.4. The molecule has 2 aromatic rings. The van der Waals surface area contributed by atoms with E-state index in [1.807, 2.05) is 0 Å². The topological polar surface area (TPSA) is 96.0 Å². The second kappa shape index (κ2) is 8.68. The van der Waals surface area contributed by atoms with E-state index in [0.29, 0.717) is 22.6 Å². The minimum atomic E-state index is -3.22. The highest BCUT2D eigenvalue weighted by molar-refractivity contribution is 7.89. The van der Waals surface area contributed by atoms with Crippen molar-refractivity contribution in [3.8, 4) is 11.5 Å². The fraction of sp³-hybridized carbons (Fsp3) is 0.263. The van der Waals surface area contributed by atoms with Crippen molar-refractivity contribution >= 4 is 21.6 Å². The molecule has 0 bridgehead atoms. The zero-order valence-corrected chi connectivity index (χ0v) is 16.0. The van der Waals surface area contributed by atoms with Crippen LogP contribution in [-0.4, -0.2) is 47.3 Å². The molecule has 0 N–H and O–H groups in total. The standard InChI is InChI=1S/C19H20O7S/c1-24-17-8-7-14(10-18(17)25-2)16(20)11-26-19(21)15-6-4-5-13(9-15)12-27(3,22)23/h4-10H,11-12H2,1-3H3. The Morgan fingerprint density at radius 3 is 2.26 bits per heavy atom. The zero-order chi connectivity index (χ0) is 20.0. The van der Waals surface area contributed by atoms with Crippen LogP contribution in [0.2, 0.25) is 0 Å². The van der Waals surface area contributed by atoms with E-state index < -0.39 is 28.2 Å². The second-order valence-corrected chi connectivity index (χ2v) is 7.98. The highest BCUT2D eigenvalue weighted by Crippen LogP contribution is 2.27. The van der Waals surface area contributed by atoms with Crippen LogP contribution >= 0.6 is 0 Å². The van der Waals surface area contributed by atoms with Gasteiger partial charge in [0.1, 0.15) is 0 Å². The van der Waals surface area contributed by atoms with Crippen LogP contribution in [-0.2, 0) is 20.3 Å². The third-order valence-electron chi connectivity index (χ3n) is 3.63. The Kier molecular flexibility index (Phi) is 6.57. The lowest BCUT2D eigenvalue weighted by molar-refractivity contribution is 0.0474. The Labute approximate surface area is 157 Å². The third kappa shape index (κ3) is 5.82. The molecule has 0 heterocycles. The molecule has 0 saturated carbocycles. The van der Waals surface area contributed by atoms with Crippen molar-refractivity contribution in [2.24, 2.45) is 0 Å². The van der Waals surface area contributed by atoms with Crippen LogP contribution in [0.1, 0.15) is 26.3 Å². The van der Waals surface area contributed by atoms with E-state index in [2.05, 4.69) is 0 Å². The molecular weight excluding hydrogens is 372 g/mol. The van der Waals surface area contributed by atoms with Crippen molar-refractivity contribution in [1.82, 2.24) is 0 Å². The van der Waals surface area contributed by atoms with Crippen LogP contribution in [0.4, 0.5) is 0 Å². The maximum absolute atomic E-state index is 12.2. The molecule has 27 heavy (non-hydrogen) atoms. The predicted molar refractivity (Wildman–Crippen MR) is 99.1 cm³/mol. The van der Waals surface area contributed by atoms with E-state index in [-0.39, 0.29) is 11.3 Å². The number of sulfone groups is 1. The lowest BCUT2D eigenvalue weighted by Gasteiger charge is -2.09. The number of rotatable bonds is 8. The van der Waals surface area contributed by atoms with Crippen LogP contribution in [0.3, 0.4) is 0 Å². The zero-order valence-electron chi connectivity index (χ0n) is 15.2. The molecule has 0 unspecified atom stereocenters. The van der Waals surface area contributed by atoms with Gasteiger partial charge >= 0.3 is 5.97 Å². The van der Waals surface area contributed by atoms with Crippen molar-refractivity contribution in [2.45, 2.75) is 5.75 Å². The average molecular weight is 392 g/mol. The van der Waals surface area contributed by atoms with Crippen molar-refractivity contribution in [1.29, 1.82) is 0 Å². The third-order valence-corrected chi connectivity index (χ3v) is 4.49. The van der Waals surface area contributed by atoms with E-state index in [1.54, 1.807) is 24.3 Å². The molecule has 2 aromatic carbocycles. The summed E-state index contributed by atoms with van der Waals surface area (Å²) < 4.78 is 38.0. The maximum atomic E-state index is 12.2. The monoisotopic (exact) mass is 392 g/mol. The van der Waals surface area contributed by atoms with Crippen LogP contribution in [0.15, 0.2) is 42.5 Å². The highest BCUT2D eigenvalue weighted by Gasteiger charge is 2.15. The molecule has 0 aliphatic rings. The summed E-state index contributed by atoms with van der Waals surface area (Å²) in [6, 6.07) is 10.7. The Morgan fingerprint density at radius 1 is 0.926 bits per heavy atom. The van der Waals surface area contributed by atoms with Crippen molar-refractivity contribution in [3.05, 3.63) is 59.2 Å². The molecule has 0 aromatic heterocycles. The number of methoxy groups -OCH3 is 2. The van der Waals surface area contributed by atoms with Crippen molar-refractivity contribution < 1.29 is 32.2 Å². The van der Waals surface area contributed by atoms with Crippen LogP contribution in [0.5, 0.6) is 11.5 Å². The van der Waals surface area contributed by atoms with Gasteiger partial charge in [0.05, 0.1) is 25.5 Å². The first kappa shape index (κ1) is 20.4. The largest absolute Gasteiger partial charge is 0.493 e. The number of benzene rings is 2. The number of hydrogen-bond donors (Lipinski definition) is 0. The van der Waals surface area contributed by atoms with Crippen LogP contribution in [0.25, 0.3) is 0 Å². The summed E-state index contributed by atoms with van der Waals surface area (Å²) in [5.74, 6) is -0.425. The van der Waals surface area contributed by atoms with Gasteiger partial charge in [-0.1, -0.05) is 12.1 Å². The van der Waals surface area contributed by atoms with Gasteiger partial charge in [-0.25, -0.2) is 13.2 Å². The van der Waals surface area contributed by atoms with Gasteiger partial charge in [-0.05, 0) is 35.9 Å². The number of hydrogen-bond acceptors (Lipinski definition) is 7. The van der Waals surface area contributed by atoms with Gasteiger partial charge in [-0.15, -0.1) is 0 Å². The Hall–Kier alpha value is -2.87. The Bertz CT molecular complexity index is 948. The summed E-state index contributed by atoms with van der Waals surface area (Å²) in [6.07, 6.45) is 1.11. The smallest absolute Gasteiger partial charge is 0.338 e. The molecule has 0 aliphatic heterocycles. The van der Waals surface area contributed by atoms with E-state index in [4.69, 9.17) is 14.2 Å². The maximum Gasteiger partial charge on any atom is 0.338 e. The fourth-order valence-electron chi connectivity index (χ4n) is 2.40. The lowest BCUT2D eigenvalue weighted by atomic mass is 10.1. The number of carbonyl (C=O) groups excluding carboxylic acids is 2. The number of carbonyl (C=O) groups is 2. The van der Waals surface area contributed by atoms with Crippen LogP contribution < -0.4 is 9.47 Å². The number of ketones is 1.